The van der Waals surface area contributed by atoms with Crippen molar-refractivity contribution >= 4 is 41.1 Å². The molecule has 0 aliphatic carbocycles. The highest BCUT2D eigenvalue weighted by Gasteiger charge is 2.44. The first kappa shape index (κ1) is 27.4. The molecule has 0 spiro atoms. The molecule has 2 atom stereocenters. The summed E-state index contributed by atoms with van der Waals surface area (Å²) in [6.07, 6.45) is 1.03. The fourth-order valence-electron chi connectivity index (χ4n) is 3.87. The fraction of sp³-hybridized carbons (Fsp3) is 0.231. The number of carbonyl (C=O) groups is 4. The number of hydrogen-bond acceptors (Lipinski definition) is 9. The van der Waals surface area contributed by atoms with Crippen LogP contribution in [0.15, 0.2) is 59.2 Å². The number of carboxylic acids is 1. The Labute approximate surface area is 227 Å². The number of nitrogens with one attached hydrogen (secondary N) is 2. The Morgan fingerprint density at radius 1 is 0.974 bits per heavy atom. The molecule has 3 N–H and O–H groups in total. The summed E-state index contributed by atoms with van der Waals surface area (Å²) < 4.78 is 21.2. The van der Waals surface area contributed by atoms with E-state index in [1.54, 1.807) is 12.1 Å². The molecule has 2 aromatic carbocycles. The lowest BCUT2D eigenvalue weighted by atomic mass is 10.1. The number of ether oxygens (including phenoxy) is 3. The van der Waals surface area contributed by atoms with Crippen LogP contribution in [0, 0.1) is 0 Å². The number of amides is 3. The molecule has 1 aliphatic heterocycles. The van der Waals surface area contributed by atoms with Gasteiger partial charge >= 0.3 is 5.97 Å². The molecule has 1 aliphatic rings. The van der Waals surface area contributed by atoms with Crippen molar-refractivity contribution in [3.8, 4) is 17.2 Å². The Kier molecular flexibility index (Phi) is 8.30. The van der Waals surface area contributed by atoms with Crippen molar-refractivity contribution in [3.63, 3.8) is 0 Å². The first-order valence-corrected chi connectivity index (χ1v) is 12.5. The quantitative estimate of drug-likeness (QED) is 0.339. The molecule has 1 aromatic heterocycles. The first-order valence-electron chi connectivity index (χ1n) is 11.5. The maximum Gasteiger partial charge on any atom is 0.305 e. The van der Waals surface area contributed by atoms with Gasteiger partial charge in [0, 0.05) is 16.8 Å². The van der Waals surface area contributed by atoms with Gasteiger partial charge in [-0.05, 0) is 48.5 Å². The predicted molar refractivity (Wildman–Crippen MR) is 140 cm³/mol. The standard InChI is InChI=1S/C26H25N3O9S/c1-35-18-11-15(12-19(36-2)22(18)37-3)23(32)27-16-8-6-14(7-9-16)24(33)28-29-25(34)20(13-21(30)31)39-26(29)17-5-4-10-38-17/h4-12,20,26H,13H2,1-3H3,(H,27,32)(H,28,33)(H,30,31). The number of anilines is 1. The third-order valence-electron chi connectivity index (χ3n) is 5.74. The third kappa shape index (κ3) is 5.93. The van der Waals surface area contributed by atoms with Crippen molar-refractivity contribution in [1.82, 2.24) is 10.4 Å². The van der Waals surface area contributed by atoms with Crippen molar-refractivity contribution in [2.24, 2.45) is 0 Å². The summed E-state index contributed by atoms with van der Waals surface area (Å²) in [7, 11) is 4.35. The third-order valence-corrected chi connectivity index (χ3v) is 7.14. The Morgan fingerprint density at radius 3 is 2.18 bits per heavy atom. The highest BCUT2D eigenvalue weighted by molar-refractivity contribution is 8.01. The molecule has 204 valence electrons. The average molecular weight is 556 g/mol. The molecule has 0 radical (unpaired) electrons. The predicted octanol–water partition coefficient (Wildman–Crippen LogP) is 3.32. The van der Waals surface area contributed by atoms with E-state index in [-0.39, 0.29) is 11.1 Å². The van der Waals surface area contributed by atoms with Crippen LogP contribution in [0.2, 0.25) is 0 Å². The average Bonchev–Trinajstić information content (AvgIpc) is 3.57. The van der Waals surface area contributed by atoms with Crippen molar-refractivity contribution in [1.29, 1.82) is 0 Å². The highest BCUT2D eigenvalue weighted by atomic mass is 32.2. The maximum atomic E-state index is 13.0. The Morgan fingerprint density at radius 2 is 1.64 bits per heavy atom. The van der Waals surface area contributed by atoms with Crippen molar-refractivity contribution < 1.29 is 42.9 Å². The maximum absolute atomic E-state index is 13.0. The van der Waals surface area contributed by atoms with Crippen LogP contribution in [-0.4, -0.2) is 60.4 Å². The molecular formula is C26H25N3O9S. The molecule has 1 fully saturated rings. The molecule has 39 heavy (non-hydrogen) atoms. The number of aliphatic carboxylic acids is 1. The normalized spacial score (nSPS) is 16.5. The van der Waals surface area contributed by atoms with E-state index in [2.05, 4.69) is 10.7 Å². The number of hydrazine groups is 1. The summed E-state index contributed by atoms with van der Waals surface area (Å²) in [6, 6.07) is 12.3. The zero-order chi connectivity index (χ0) is 28.1. The van der Waals surface area contributed by atoms with Crippen molar-refractivity contribution in [2.45, 2.75) is 17.0 Å². The molecule has 4 rings (SSSR count). The lowest BCUT2D eigenvalue weighted by Gasteiger charge is -2.22. The molecule has 3 amide bonds. The zero-order valence-electron chi connectivity index (χ0n) is 21.1. The molecule has 2 heterocycles. The minimum Gasteiger partial charge on any atom is -0.493 e. The minimum absolute atomic E-state index is 0.207. The second-order valence-corrected chi connectivity index (χ2v) is 9.47. The molecule has 3 aromatic rings. The van der Waals surface area contributed by atoms with Crippen LogP contribution in [0.5, 0.6) is 17.2 Å². The van der Waals surface area contributed by atoms with Gasteiger partial charge in [-0.1, -0.05) is 0 Å². The van der Waals surface area contributed by atoms with Crippen LogP contribution >= 0.6 is 11.8 Å². The van der Waals surface area contributed by atoms with Gasteiger partial charge in [0.15, 0.2) is 16.9 Å². The Balaban J connectivity index is 1.46. The number of thioether (sulfide) groups is 1. The lowest BCUT2D eigenvalue weighted by Crippen LogP contribution is -2.45. The van der Waals surface area contributed by atoms with Gasteiger partial charge in [-0.25, -0.2) is 5.01 Å². The van der Waals surface area contributed by atoms with E-state index in [0.717, 1.165) is 16.8 Å². The fourth-order valence-corrected chi connectivity index (χ4v) is 5.20. The van der Waals surface area contributed by atoms with E-state index >= 15 is 0 Å². The molecule has 1 saturated heterocycles. The SMILES string of the molecule is COc1cc(C(=O)Nc2ccc(C(=O)NN3C(=O)C(CC(=O)O)SC3c3ccco3)cc2)cc(OC)c1OC. The second-order valence-electron chi connectivity index (χ2n) is 8.19. The number of carboxylic acid groups (broad SMARTS) is 1. The van der Waals surface area contributed by atoms with Crippen LogP contribution in [0.1, 0.15) is 38.3 Å². The van der Waals surface area contributed by atoms with E-state index in [0.29, 0.717) is 28.7 Å². The highest BCUT2D eigenvalue weighted by Crippen LogP contribution is 2.43. The van der Waals surface area contributed by atoms with Gasteiger partial charge in [0.1, 0.15) is 5.76 Å². The summed E-state index contributed by atoms with van der Waals surface area (Å²) in [5.41, 5.74) is 3.43. The molecule has 0 bridgehead atoms. The first-order chi connectivity index (χ1) is 18.7. The van der Waals surface area contributed by atoms with Gasteiger partial charge in [0.25, 0.3) is 17.7 Å². The topological polar surface area (TPSA) is 157 Å². The number of carbonyl (C=O) groups excluding carboxylic acids is 3. The van der Waals surface area contributed by atoms with Crippen LogP contribution in [-0.2, 0) is 9.59 Å². The minimum atomic E-state index is -1.13. The van der Waals surface area contributed by atoms with Crippen LogP contribution in [0.4, 0.5) is 5.69 Å². The monoisotopic (exact) mass is 555 g/mol. The largest absolute Gasteiger partial charge is 0.493 e. The number of nitrogens with zero attached hydrogens (tertiary/aromatic N) is 1. The second kappa shape index (κ2) is 11.8. The van der Waals surface area contributed by atoms with Gasteiger partial charge in [0.05, 0.1) is 39.3 Å². The van der Waals surface area contributed by atoms with E-state index < -0.39 is 40.7 Å². The van der Waals surface area contributed by atoms with Gasteiger partial charge < -0.3 is 29.1 Å². The molecule has 12 nitrogen and oxygen atoms in total. The summed E-state index contributed by atoms with van der Waals surface area (Å²) in [5, 5.41) is 11.4. The summed E-state index contributed by atoms with van der Waals surface area (Å²) in [6.45, 7) is 0. The van der Waals surface area contributed by atoms with E-state index in [1.165, 1.54) is 64.0 Å². The van der Waals surface area contributed by atoms with Crippen LogP contribution in [0.25, 0.3) is 0 Å². The van der Waals surface area contributed by atoms with E-state index in [4.69, 9.17) is 23.7 Å². The van der Waals surface area contributed by atoms with Crippen molar-refractivity contribution in [3.05, 3.63) is 71.7 Å². The molecular weight excluding hydrogens is 530 g/mol. The van der Waals surface area contributed by atoms with Gasteiger partial charge in [-0.2, -0.15) is 0 Å². The summed E-state index contributed by atoms with van der Waals surface area (Å²) in [4.78, 5) is 49.9. The molecule has 0 saturated carbocycles. The van der Waals surface area contributed by atoms with Crippen molar-refractivity contribution in [2.75, 3.05) is 26.6 Å². The summed E-state index contributed by atoms with van der Waals surface area (Å²) >= 11 is 1.08. The zero-order valence-corrected chi connectivity index (χ0v) is 21.9. The lowest BCUT2D eigenvalue weighted by molar-refractivity contribution is -0.140. The van der Waals surface area contributed by atoms with Crippen LogP contribution in [0.3, 0.4) is 0 Å². The van der Waals surface area contributed by atoms with Gasteiger partial charge in [-0.3, -0.25) is 24.6 Å². The Hall–Kier alpha value is -4.65. The number of methoxy groups -OCH3 is 3. The number of furan rings is 1. The molecule has 13 heteroatoms. The number of hydrogen-bond donors (Lipinski definition) is 3. The summed E-state index contributed by atoms with van der Waals surface area (Å²) in [5.74, 6) is -1.33. The Bertz CT molecular complexity index is 1350. The number of benzene rings is 2. The van der Waals surface area contributed by atoms with E-state index in [1.807, 2.05) is 0 Å². The number of rotatable bonds is 10. The van der Waals surface area contributed by atoms with Gasteiger partial charge in [-0.15, -0.1) is 11.8 Å². The molecule has 2 unspecified atom stereocenters. The van der Waals surface area contributed by atoms with Crippen LogP contribution < -0.4 is 25.0 Å². The smallest absolute Gasteiger partial charge is 0.305 e. The van der Waals surface area contributed by atoms with Gasteiger partial charge in [0.2, 0.25) is 5.75 Å². The van der Waals surface area contributed by atoms with E-state index in [9.17, 15) is 19.2 Å².